The number of ketones is 2. The first-order valence-corrected chi connectivity index (χ1v) is 11.3. The molecule has 0 bridgehead atoms. The summed E-state index contributed by atoms with van der Waals surface area (Å²) in [5, 5.41) is 1.44. The number of pyridine rings is 1. The minimum atomic E-state index is -0.0291. The van der Waals surface area contributed by atoms with Crippen LogP contribution in [0.15, 0.2) is 66.7 Å². The number of fused-ring (bicyclic) bond motifs is 2. The largest absolute Gasteiger partial charge is 0.493 e. The molecule has 0 saturated carbocycles. The SMILES string of the molecule is Cc1ccc2cc(C(=O)Cc3cc(CC(=O)c4ccc5c(c4)OCC5)ccc3Cl)ccc2n1. The zero-order chi connectivity index (χ0) is 22.9. The van der Waals surface area contributed by atoms with Crippen molar-refractivity contribution >= 4 is 34.1 Å². The Kier molecular flexibility index (Phi) is 5.69. The van der Waals surface area contributed by atoms with Gasteiger partial charge in [0.15, 0.2) is 11.6 Å². The predicted molar refractivity (Wildman–Crippen MR) is 130 cm³/mol. The van der Waals surface area contributed by atoms with Gasteiger partial charge in [0, 0.05) is 46.5 Å². The predicted octanol–water partition coefficient (Wildman–Crippen LogP) is 5.98. The molecule has 5 rings (SSSR count). The second-order valence-corrected chi connectivity index (χ2v) is 8.81. The van der Waals surface area contributed by atoms with Gasteiger partial charge in [0.25, 0.3) is 0 Å². The van der Waals surface area contributed by atoms with E-state index in [0.717, 1.165) is 39.9 Å². The molecule has 2 heterocycles. The second-order valence-electron chi connectivity index (χ2n) is 8.41. The number of hydrogen-bond acceptors (Lipinski definition) is 4. The van der Waals surface area contributed by atoms with Crippen LogP contribution < -0.4 is 4.74 Å². The van der Waals surface area contributed by atoms with Gasteiger partial charge in [0.2, 0.25) is 0 Å². The number of aromatic nitrogens is 1. The van der Waals surface area contributed by atoms with Crippen LogP contribution in [0.4, 0.5) is 0 Å². The second kappa shape index (κ2) is 8.80. The van der Waals surface area contributed by atoms with Gasteiger partial charge in [0.05, 0.1) is 12.1 Å². The zero-order valence-corrected chi connectivity index (χ0v) is 19.0. The number of hydrogen-bond donors (Lipinski definition) is 0. The lowest BCUT2D eigenvalue weighted by atomic mass is 9.97. The van der Waals surface area contributed by atoms with Crippen LogP contribution in [0.3, 0.4) is 0 Å². The molecule has 1 aromatic heterocycles. The molecule has 3 aromatic carbocycles. The molecule has 0 spiro atoms. The molecular formula is C28H22ClNO3. The number of Topliss-reactive ketones (excluding diaryl/α,β-unsaturated/α-hetero) is 2. The van der Waals surface area contributed by atoms with E-state index in [1.807, 2.05) is 61.5 Å². The highest BCUT2D eigenvalue weighted by Gasteiger charge is 2.17. The number of halogens is 1. The Morgan fingerprint density at radius 2 is 1.70 bits per heavy atom. The molecule has 4 nitrogen and oxygen atoms in total. The van der Waals surface area contributed by atoms with E-state index < -0.39 is 0 Å². The van der Waals surface area contributed by atoms with Gasteiger partial charge >= 0.3 is 0 Å². The molecule has 164 valence electrons. The van der Waals surface area contributed by atoms with Crippen molar-refractivity contribution in [3.8, 4) is 5.75 Å². The van der Waals surface area contributed by atoms with Crippen LogP contribution >= 0.6 is 11.6 Å². The van der Waals surface area contributed by atoms with Crippen LogP contribution in [0.25, 0.3) is 10.9 Å². The number of rotatable bonds is 6. The molecule has 1 aliphatic heterocycles. The van der Waals surface area contributed by atoms with Crippen molar-refractivity contribution in [2.45, 2.75) is 26.2 Å². The van der Waals surface area contributed by atoms with Gasteiger partial charge in [-0.1, -0.05) is 41.9 Å². The number of aryl methyl sites for hydroxylation is 1. The fourth-order valence-corrected chi connectivity index (χ4v) is 4.36. The Bertz CT molecular complexity index is 1410. The van der Waals surface area contributed by atoms with Crippen molar-refractivity contribution in [1.29, 1.82) is 0 Å². The third-order valence-electron chi connectivity index (χ3n) is 5.99. The van der Waals surface area contributed by atoms with Crippen molar-refractivity contribution in [3.63, 3.8) is 0 Å². The summed E-state index contributed by atoms with van der Waals surface area (Å²) < 4.78 is 5.58. The van der Waals surface area contributed by atoms with E-state index in [1.165, 1.54) is 0 Å². The summed E-state index contributed by atoms with van der Waals surface area (Å²) in [6.45, 7) is 2.60. The van der Waals surface area contributed by atoms with Crippen molar-refractivity contribution in [2.75, 3.05) is 6.61 Å². The molecule has 0 aliphatic carbocycles. The van der Waals surface area contributed by atoms with Gasteiger partial charge < -0.3 is 4.74 Å². The maximum Gasteiger partial charge on any atom is 0.167 e. The molecule has 0 unspecified atom stereocenters. The molecule has 0 saturated heterocycles. The normalized spacial score (nSPS) is 12.4. The lowest BCUT2D eigenvalue weighted by Gasteiger charge is -2.09. The van der Waals surface area contributed by atoms with E-state index in [0.29, 0.717) is 28.3 Å². The van der Waals surface area contributed by atoms with E-state index in [9.17, 15) is 9.59 Å². The zero-order valence-electron chi connectivity index (χ0n) is 18.2. The smallest absolute Gasteiger partial charge is 0.167 e. The topological polar surface area (TPSA) is 56.3 Å². The van der Waals surface area contributed by atoms with E-state index in [2.05, 4.69) is 4.98 Å². The summed E-state index contributed by atoms with van der Waals surface area (Å²) in [5.74, 6) is 0.771. The van der Waals surface area contributed by atoms with E-state index >= 15 is 0 Å². The number of carbonyl (C=O) groups excluding carboxylic acids is 2. The van der Waals surface area contributed by atoms with Gasteiger partial charge in [-0.25, -0.2) is 0 Å². The van der Waals surface area contributed by atoms with Crippen LogP contribution in [-0.2, 0) is 19.3 Å². The van der Waals surface area contributed by atoms with Gasteiger partial charge in [0.1, 0.15) is 5.75 Å². The average molecular weight is 456 g/mol. The summed E-state index contributed by atoms with van der Waals surface area (Å²) in [7, 11) is 0. The molecule has 1 aliphatic rings. The number of benzene rings is 3. The fourth-order valence-electron chi connectivity index (χ4n) is 4.18. The Morgan fingerprint density at radius 3 is 2.58 bits per heavy atom. The highest BCUT2D eigenvalue weighted by Crippen LogP contribution is 2.27. The molecule has 5 heteroatoms. The highest BCUT2D eigenvalue weighted by atomic mass is 35.5. The van der Waals surface area contributed by atoms with Gasteiger partial charge in [-0.3, -0.25) is 14.6 Å². The van der Waals surface area contributed by atoms with E-state index in [-0.39, 0.29) is 24.4 Å². The molecule has 0 atom stereocenters. The summed E-state index contributed by atoms with van der Waals surface area (Å²) in [6.07, 6.45) is 1.28. The molecule has 33 heavy (non-hydrogen) atoms. The third kappa shape index (κ3) is 4.53. The standard InChI is InChI=1S/C28H22ClNO3/c1-17-2-4-20-14-21(7-9-25(20)30-17)27(32)15-23-12-18(3-8-24(23)29)13-26(31)22-6-5-19-10-11-33-28(19)16-22/h2-9,12,14,16H,10-11,13,15H2,1H3. The van der Waals surface area contributed by atoms with Crippen molar-refractivity contribution in [1.82, 2.24) is 4.98 Å². The quantitative estimate of drug-likeness (QED) is 0.335. The van der Waals surface area contributed by atoms with Crippen LogP contribution in [0.1, 0.15) is 43.1 Å². The van der Waals surface area contributed by atoms with Crippen LogP contribution in [0.2, 0.25) is 5.02 Å². The summed E-state index contributed by atoms with van der Waals surface area (Å²) in [6, 6.07) is 20.5. The number of nitrogens with zero attached hydrogens (tertiary/aromatic N) is 1. The average Bonchev–Trinajstić information content (AvgIpc) is 3.28. The molecular weight excluding hydrogens is 434 g/mol. The van der Waals surface area contributed by atoms with E-state index in [1.54, 1.807) is 12.1 Å². The van der Waals surface area contributed by atoms with Crippen molar-refractivity contribution in [2.24, 2.45) is 0 Å². The van der Waals surface area contributed by atoms with Crippen molar-refractivity contribution < 1.29 is 14.3 Å². The first-order valence-electron chi connectivity index (χ1n) is 10.9. The Hall–Kier alpha value is -3.50. The first kappa shape index (κ1) is 21.4. The minimum Gasteiger partial charge on any atom is -0.493 e. The summed E-state index contributed by atoms with van der Waals surface area (Å²) >= 11 is 6.39. The monoisotopic (exact) mass is 455 g/mol. The number of carbonyl (C=O) groups is 2. The lowest BCUT2D eigenvalue weighted by Crippen LogP contribution is -2.07. The molecule has 4 aromatic rings. The summed E-state index contributed by atoms with van der Waals surface area (Å²) in [5.41, 5.74) is 5.72. The van der Waals surface area contributed by atoms with Gasteiger partial charge in [-0.05, 0) is 60.0 Å². The van der Waals surface area contributed by atoms with E-state index in [4.69, 9.17) is 16.3 Å². The van der Waals surface area contributed by atoms with Gasteiger partial charge in [-0.2, -0.15) is 0 Å². The fraction of sp³-hybridized carbons (Fsp3) is 0.179. The number of ether oxygens (including phenoxy) is 1. The van der Waals surface area contributed by atoms with Crippen LogP contribution in [0.5, 0.6) is 5.75 Å². The first-order chi connectivity index (χ1) is 16.0. The summed E-state index contributed by atoms with van der Waals surface area (Å²) in [4.78, 5) is 30.3. The van der Waals surface area contributed by atoms with Crippen LogP contribution in [-0.4, -0.2) is 23.2 Å². The molecule has 0 radical (unpaired) electrons. The molecule has 0 N–H and O–H groups in total. The van der Waals surface area contributed by atoms with Crippen molar-refractivity contribution in [3.05, 3.63) is 105 Å². The Morgan fingerprint density at radius 1 is 0.909 bits per heavy atom. The maximum absolute atomic E-state index is 13.0. The molecule has 0 fully saturated rings. The maximum atomic E-state index is 13.0. The minimum absolute atomic E-state index is 0.00483. The van der Waals surface area contributed by atoms with Gasteiger partial charge in [-0.15, -0.1) is 0 Å². The van der Waals surface area contributed by atoms with Crippen LogP contribution in [0, 0.1) is 6.92 Å². The lowest BCUT2D eigenvalue weighted by molar-refractivity contribution is 0.0986. The molecule has 0 amide bonds. The Labute approximate surface area is 197 Å². The highest BCUT2D eigenvalue weighted by molar-refractivity contribution is 6.31. The Balaban J connectivity index is 1.33. The third-order valence-corrected chi connectivity index (χ3v) is 6.36.